The quantitative estimate of drug-likeness (QED) is 0.689. The summed E-state index contributed by atoms with van der Waals surface area (Å²) < 4.78 is 0. The fourth-order valence-corrected chi connectivity index (χ4v) is 2.47. The topological polar surface area (TPSA) is 12.0 Å². The van der Waals surface area contributed by atoms with E-state index in [4.69, 9.17) is 23.2 Å². The number of hydrogen-bond donors (Lipinski definition) is 1. The Hall–Kier alpha value is -0.240. The van der Waals surface area contributed by atoms with Crippen molar-refractivity contribution < 1.29 is 0 Å². The van der Waals surface area contributed by atoms with Gasteiger partial charge in [0.05, 0.1) is 0 Å². The maximum absolute atomic E-state index is 6.10. The van der Waals surface area contributed by atoms with Gasteiger partial charge in [-0.2, -0.15) is 0 Å². The zero-order valence-electron chi connectivity index (χ0n) is 10.4. The standard InChI is InChI=1S/C14H21Cl2N/c1-2-5-12(8-9-15)10-17-11-13-6-3-4-7-14(13)16/h3-4,6-7,12,17H,2,5,8-11H2,1H3. The number of benzene rings is 1. The molecule has 0 aliphatic rings. The van der Waals surface area contributed by atoms with Crippen molar-refractivity contribution in [3.8, 4) is 0 Å². The first-order chi connectivity index (χ1) is 8.27. The second kappa shape index (κ2) is 8.79. The lowest BCUT2D eigenvalue weighted by Crippen LogP contribution is -2.23. The molecule has 0 saturated carbocycles. The van der Waals surface area contributed by atoms with Crippen molar-refractivity contribution in [2.75, 3.05) is 12.4 Å². The second-order valence-electron chi connectivity index (χ2n) is 4.35. The molecule has 1 N–H and O–H groups in total. The summed E-state index contributed by atoms with van der Waals surface area (Å²) in [6, 6.07) is 7.97. The normalized spacial score (nSPS) is 12.6. The van der Waals surface area contributed by atoms with Crippen LogP contribution in [-0.2, 0) is 6.54 Å². The predicted octanol–water partition coefficient (Wildman–Crippen LogP) is 4.47. The average Bonchev–Trinajstić information content (AvgIpc) is 2.32. The van der Waals surface area contributed by atoms with Crippen LogP contribution in [0.25, 0.3) is 0 Å². The molecule has 1 unspecified atom stereocenters. The van der Waals surface area contributed by atoms with Gasteiger partial charge in [-0.3, -0.25) is 0 Å². The maximum atomic E-state index is 6.10. The maximum Gasteiger partial charge on any atom is 0.0450 e. The van der Waals surface area contributed by atoms with Crippen molar-refractivity contribution >= 4 is 23.2 Å². The van der Waals surface area contributed by atoms with Crippen LogP contribution in [0, 0.1) is 5.92 Å². The number of hydrogen-bond acceptors (Lipinski definition) is 1. The van der Waals surface area contributed by atoms with Gasteiger partial charge in [0.1, 0.15) is 0 Å². The van der Waals surface area contributed by atoms with Crippen LogP contribution in [0.3, 0.4) is 0 Å². The molecule has 0 aromatic heterocycles. The molecule has 0 saturated heterocycles. The van der Waals surface area contributed by atoms with Gasteiger partial charge >= 0.3 is 0 Å². The van der Waals surface area contributed by atoms with E-state index in [0.29, 0.717) is 5.92 Å². The van der Waals surface area contributed by atoms with Gasteiger partial charge in [0.25, 0.3) is 0 Å². The first kappa shape index (κ1) is 14.8. The monoisotopic (exact) mass is 273 g/mol. The zero-order chi connectivity index (χ0) is 12.5. The van der Waals surface area contributed by atoms with Crippen LogP contribution in [0.5, 0.6) is 0 Å². The van der Waals surface area contributed by atoms with E-state index >= 15 is 0 Å². The molecule has 1 aromatic carbocycles. The molecule has 0 heterocycles. The third kappa shape index (κ3) is 5.76. The van der Waals surface area contributed by atoms with Crippen LogP contribution in [0.15, 0.2) is 24.3 Å². The Kier molecular flexibility index (Phi) is 7.67. The molecular weight excluding hydrogens is 253 g/mol. The molecule has 0 aliphatic carbocycles. The number of halogens is 2. The van der Waals surface area contributed by atoms with Gasteiger partial charge in [0, 0.05) is 17.4 Å². The van der Waals surface area contributed by atoms with E-state index in [0.717, 1.165) is 36.0 Å². The van der Waals surface area contributed by atoms with Crippen molar-refractivity contribution in [1.29, 1.82) is 0 Å². The van der Waals surface area contributed by atoms with Gasteiger partial charge in [0.15, 0.2) is 0 Å². The summed E-state index contributed by atoms with van der Waals surface area (Å²) in [5, 5.41) is 4.31. The van der Waals surface area contributed by atoms with Crippen molar-refractivity contribution in [1.82, 2.24) is 5.32 Å². The van der Waals surface area contributed by atoms with Crippen molar-refractivity contribution in [2.24, 2.45) is 5.92 Å². The first-order valence-electron chi connectivity index (χ1n) is 6.28. The van der Waals surface area contributed by atoms with Crippen LogP contribution in [0.1, 0.15) is 31.7 Å². The van der Waals surface area contributed by atoms with Crippen LogP contribution < -0.4 is 5.32 Å². The molecule has 96 valence electrons. The van der Waals surface area contributed by atoms with E-state index in [1.165, 1.54) is 12.8 Å². The SMILES string of the molecule is CCCC(CCCl)CNCc1ccccc1Cl. The van der Waals surface area contributed by atoms with E-state index < -0.39 is 0 Å². The van der Waals surface area contributed by atoms with Gasteiger partial charge in [-0.15, -0.1) is 11.6 Å². The molecule has 3 heteroatoms. The molecule has 1 nitrogen and oxygen atoms in total. The Morgan fingerprint density at radius 3 is 2.65 bits per heavy atom. The van der Waals surface area contributed by atoms with Gasteiger partial charge in [-0.1, -0.05) is 43.1 Å². The molecule has 1 aromatic rings. The zero-order valence-corrected chi connectivity index (χ0v) is 11.9. The minimum Gasteiger partial charge on any atom is -0.312 e. The van der Waals surface area contributed by atoms with E-state index in [-0.39, 0.29) is 0 Å². The van der Waals surface area contributed by atoms with Crippen LogP contribution in [-0.4, -0.2) is 12.4 Å². The number of alkyl halides is 1. The van der Waals surface area contributed by atoms with E-state index in [1.807, 2.05) is 18.2 Å². The van der Waals surface area contributed by atoms with Gasteiger partial charge in [-0.25, -0.2) is 0 Å². The highest BCUT2D eigenvalue weighted by Crippen LogP contribution is 2.15. The Balaban J connectivity index is 2.33. The van der Waals surface area contributed by atoms with Crippen LogP contribution in [0.2, 0.25) is 5.02 Å². The lowest BCUT2D eigenvalue weighted by atomic mass is 10.0. The minimum atomic E-state index is 0.681. The molecule has 0 bridgehead atoms. The predicted molar refractivity (Wildman–Crippen MR) is 76.9 cm³/mol. The lowest BCUT2D eigenvalue weighted by Gasteiger charge is -2.15. The van der Waals surface area contributed by atoms with Crippen molar-refractivity contribution in [3.05, 3.63) is 34.9 Å². The van der Waals surface area contributed by atoms with Gasteiger partial charge < -0.3 is 5.32 Å². The average molecular weight is 274 g/mol. The molecule has 1 atom stereocenters. The fraction of sp³-hybridized carbons (Fsp3) is 0.571. The van der Waals surface area contributed by atoms with Gasteiger partial charge in [-0.05, 0) is 36.9 Å². The highest BCUT2D eigenvalue weighted by molar-refractivity contribution is 6.31. The summed E-state index contributed by atoms with van der Waals surface area (Å²) in [5.41, 5.74) is 1.16. The molecular formula is C14H21Cl2N. The summed E-state index contributed by atoms with van der Waals surface area (Å²) in [6.45, 7) is 4.07. The van der Waals surface area contributed by atoms with Crippen molar-refractivity contribution in [3.63, 3.8) is 0 Å². The lowest BCUT2D eigenvalue weighted by molar-refractivity contribution is 0.430. The Morgan fingerprint density at radius 1 is 1.24 bits per heavy atom. The summed E-state index contributed by atoms with van der Waals surface area (Å²) in [4.78, 5) is 0. The van der Waals surface area contributed by atoms with E-state index in [1.54, 1.807) is 0 Å². The van der Waals surface area contributed by atoms with Gasteiger partial charge in [0.2, 0.25) is 0 Å². The first-order valence-corrected chi connectivity index (χ1v) is 7.19. The molecule has 17 heavy (non-hydrogen) atoms. The van der Waals surface area contributed by atoms with E-state index in [9.17, 15) is 0 Å². The minimum absolute atomic E-state index is 0.681. The third-order valence-electron chi connectivity index (χ3n) is 2.92. The van der Waals surface area contributed by atoms with Crippen LogP contribution >= 0.6 is 23.2 Å². The highest BCUT2D eigenvalue weighted by atomic mass is 35.5. The smallest absolute Gasteiger partial charge is 0.0450 e. The van der Waals surface area contributed by atoms with Crippen LogP contribution in [0.4, 0.5) is 0 Å². The third-order valence-corrected chi connectivity index (χ3v) is 3.51. The highest BCUT2D eigenvalue weighted by Gasteiger charge is 2.07. The summed E-state index contributed by atoms with van der Waals surface area (Å²) in [7, 11) is 0. The molecule has 0 aliphatic heterocycles. The summed E-state index contributed by atoms with van der Waals surface area (Å²) >= 11 is 11.9. The Labute approximate surface area is 115 Å². The molecule has 0 radical (unpaired) electrons. The van der Waals surface area contributed by atoms with E-state index in [2.05, 4.69) is 18.3 Å². The molecule has 0 spiro atoms. The summed E-state index contributed by atoms with van der Waals surface area (Å²) in [6.07, 6.45) is 3.54. The molecule has 1 rings (SSSR count). The second-order valence-corrected chi connectivity index (χ2v) is 5.14. The molecule has 0 fully saturated rings. The Morgan fingerprint density at radius 2 is 2.00 bits per heavy atom. The summed E-state index contributed by atoms with van der Waals surface area (Å²) in [5.74, 6) is 1.43. The number of rotatable bonds is 8. The Bertz CT molecular complexity index is 309. The molecule has 0 amide bonds. The number of nitrogens with one attached hydrogen (secondary N) is 1. The fourth-order valence-electron chi connectivity index (χ4n) is 1.96. The van der Waals surface area contributed by atoms with Crippen molar-refractivity contribution in [2.45, 2.75) is 32.7 Å². The largest absolute Gasteiger partial charge is 0.312 e.